The van der Waals surface area contributed by atoms with E-state index in [1.54, 1.807) is 0 Å². The minimum Gasteiger partial charge on any atom is -0.399 e. The van der Waals surface area contributed by atoms with Crippen LogP contribution in [-0.2, 0) is 0 Å². The Labute approximate surface area is 125 Å². The van der Waals surface area contributed by atoms with Gasteiger partial charge in [-0.15, -0.1) is 0 Å². The second kappa shape index (κ2) is 5.44. The first-order valence-electron chi connectivity index (χ1n) is 7.18. The van der Waals surface area contributed by atoms with E-state index in [1.165, 1.54) is 11.3 Å². The molecule has 0 aliphatic carbocycles. The Morgan fingerprint density at radius 3 is 2.62 bits per heavy atom. The lowest BCUT2D eigenvalue weighted by atomic mass is 10.1. The molecule has 0 spiro atoms. The zero-order valence-electron chi connectivity index (χ0n) is 12.4. The summed E-state index contributed by atoms with van der Waals surface area (Å²) in [5, 5.41) is 1.12. The zero-order valence-corrected chi connectivity index (χ0v) is 12.4. The maximum absolute atomic E-state index is 5.86. The minimum atomic E-state index is 0.742. The number of nitrogens with two attached hydrogens (primary N) is 1. The lowest BCUT2D eigenvalue weighted by molar-refractivity contribution is 1.02. The third kappa shape index (κ3) is 2.42. The van der Waals surface area contributed by atoms with E-state index in [9.17, 15) is 0 Å². The summed E-state index contributed by atoms with van der Waals surface area (Å²) in [4.78, 5) is 6.74. The molecule has 3 rings (SSSR count). The maximum atomic E-state index is 5.86. The molecule has 0 unspecified atom stereocenters. The van der Waals surface area contributed by atoms with Crippen LogP contribution in [-0.4, -0.2) is 11.5 Å². The summed E-state index contributed by atoms with van der Waals surface area (Å²) in [6, 6.07) is 16.4. The van der Waals surface area contributed by atoms with E-state index < -0.39 is 0 Å². The van der Waals surface area contributed by atoms with Crippen LogP contribution in [0.25, 0.3) is 10.9 Å². The van der Waals surface area contributed by atoms with E-state index in [2.05, 4.69) is 54.1 Å². The van der Waals surface area contributed by atoms with Crippen LogP contribution < -0.4 is 10.6 Å². The van der Waals surface area contributed by atoms with Gasteiger partial charge in [0.05, 0.1) is 11.2 Å². The summed E-state index contributed by atoms with van der Waals surface area (Å²) >= 11 is 0. The van der Waals surface area contributed by atoms with Gasteiger partial charge in [0.25, 0.3) is 0 Å². The molecule has 21 heavy (non-hydrogen) atoms. The molecule has 0 amide bonds. The highest BCUT2D eigenvalue weighted by atomic mass is 15.1. The van der Waals surface area contributed by atoms with Gasteiger partial charge in [-0.25, -0.2) is 0 Å². The second-order valence-corrected chi connectivity index (χ2v) is 5.14. The number of hydrogen-bond acceptors (Lipinski definition) is 3. The Morgan fingerprint density at radius 2 is 1.86 bits per heavy atom. The third-order valence-corrected chi connectivity index (χ3v) is 3.76. The average Bonchev–Trinajstić information content (AvgIpc) is 2.49. The van der Waals surface area contributed by atoms with Crippen LogP contribution >= 0.6 is 0 Å². The van der Waals surface area contributed by atoms with E-state index in [-0.39, 0.29) is 0 Å². The van der Waals surface area contributed by atoms with Crippen molar-refractivity contribution in [3.8, 4) is 0 Å². The number of anilines is 3. The van der Waals surface area contributed by atoms with Crippen LogP contribution in [0, 0.1) is 6.92 Å². The molecule has 0 radical (unpaired) electrons. The number of fused-ring (bicyclic) bond motifs is 1. The topological polar surface area (TPSA) is 42.2 Å². The first kappa shape index (κ1) is 13.4. The van der Waals surface area contributed by atoms with Gasteiger partial charge < -0.3 is 10.6 Å². The van der Waals surface area contributed by atoms with Crippen molar-refractivity contribution in [1.29, 1.82) is 0 Å². The first-order valence-corrected chi connectivity index (χ1v) is 7.18. The number of rotatable bonds is 3. The molecule has 2 N–H and O–H groups in total. The van der Waals surface area contributed by atoms with Gasteiger partial charge in [0.2, 0.25) is 0 Å². The zero-order chi connectivity index (χ0) is 14.8. The number of aromatic nitrogens is 1. The predicted molar refractivity (Wildman–Crippen MR) is 90.0 cm³/mol. The Kier molecular flexibility index (Phi) is 3.48. The Bertz CT molecular complexity index is 780. The molecule has 1 aromatic heterocycles. The van der Waals surface area contributed by atoms with E-state index in [1.807, 2.05) is 24.4 Å². The van der Waals surface area contributed by atoms with Gasteiger partial charge >= 0.3 is 0 Å². The molecule has 3 nitrogen and oxygen atoms in total. The standard InChI is InChI=1S/C18H19N3/c1-3-21(17-7-5-4-6-13(17)2)18-10-11-20-16-12-14(19)8-9-15(16)18/h4-12H,3,19H2,1-2H3. The number of nitrogen functional groups attached to an aromatic ring is 1. The summed E-state index contributed by atoms with van der Waals surface area (Å²) in [6.45, 7) is 5.20. The summed E-state index contributed by atoms with van der Waals surface area (Å²) in [7, 11) is 0. The molecule has 106 valence electrons. The molecule has 2 aromatic carbocycles. The van der Waals surface area contributed by atoms with Gasteiger partial charge in [0.15, 0.2) is 0 Å². The molecule has 0 atom stereocenters. The monoisotopic (exact) mass is 277 g/mol. The highest BCUT2D eigenvalue weighted by Crippen LogP contribution is 2.33. The van der Waals surface area contributed by atoms with Crippen LogP contribution in [0.3, 0.4) is 0 Å². The fraction of sp³-hybridized carbons (Fsp3) is 0.167. The van der Waals surface area contributed by atoms with Gasteiger partial charge in [-0.1, -0.05) is 18.2 Å². The largest absolute Gasteiger partial charge is 0.399 e. The molecule has 0 bridgehead atoms. The average molecular weight is 277 g/mol. The van der Waals surface area contributed by atoms with Gasteiger partial charge in [0, 0.05) is 29.5 Å². The SMILES string of the molecule is CCN(c1ccccc1C)c1ccnc2cc(N)ccc12. The van der Waals surface area contributed by atoms with Crippen LogP contribution in [0.2, 0.25) is 0 Å². The molecule has 0 aliphatic rings. The van der Waals surface area contributed by atoms with Crippen LogP contribution in [0.1, 0.15) is 12.5 Å². The minimum absolute atomic E-state index is 0.742. The molecule has 0 saturated heterocycles. The summed E-state index contributed by atoms with van der Waals surface area (Å²) in [5.41, 5.74) is 11.2. The van der Waals surface area contributed by atoms with Crippen molar-refractivity contribution in [2.24, 2.45) is 0 Å². The van der Waals surface area contributed by atoms with E-state index in [0.717, 1.165) is 28.8 Å². The molecule has 0 fully saturated rings. The highest BCUT2D eigenvalue weighted by Gasteiger charge is 2.12. The summed E-state index contributed by atoms with van der Waals surface area (Å²) < 4.78 is 0. The lowest BCUT2D eigenvalue weighted by Gasteiger charge is -2.26. The predicted octanol–water partition coefficient (Wildman–Crippen LogP) is 4.28. The third-order valence-electron chi connectivity index (χ3n) is 3.76. The number of benzene rings is 2. The Balaban J connectivity index is 2.20. The van der Waals surface area contributed by atoms with Crippen LogP contribution in [0.4, 0.5) is 17.1 Å². The number of hydrogen-bond donors (Lipinski definition) is 1. The Hall–Kier alpha value is -2.55. The quantitative estimate of drug-likeness (QED) is 0.726. The van der Waals surface area contributed by atoms with Gasteiger partial charge in [-0.2, -0.15) is 0 Å². The van der Waals surface area contributed by atoms with Crippen LogP contribution in [0.15, 0.2) is 54.7 Å². The van der Waals surface area contributed by atoms with Crippen LogP contribution in [0.5, 0.6) is 0 Å². The molecule has 0 aliphatic heterocycles. The molecular weight excluding hydrogens is 258 g/mol. The number of pyridine rings is 1. The molecule has 3 heteroatoms. The first-order chi connectivity index (χ1) is 10.2. The number of nitrogens with zero attached hydrogens (tertiary/aromatic N) is 2. The number of para-hydroxylation sites is 1. The smallest absolute Gasteiger partial charge is 0.0743 e. The van der Waals surface area contributed by atoms with Crippen molar-refractivity contribution in [2.75, 3.05) is 17.2 Å². The fourth-order valence-corrected chi connectivity index (χ4v) is 2.72. The lowest BCUT2D eigenvalue weighted by Crippen LogP contribution is -2.17. The molecule has 1 heterocycles. The van der Waals surface area contributed by atoms with E-state index >= 15 is 0 Å². The van der Waals surface area contributed by atoms with Crippen molar-refractivity contribution < 1.29 is 0 Å². The van der Waals surface area contributed by atoms with Crippen molar-refractivity contribution >= 4 is 28.0 Å². The summed E-state index contributed by atoms with van der Waals surface area (Å²) in [6.07, 6.45) is 1.85. The maximum Gasteiger partial charge on any atom is 0.0743 e. The molecule has 0 saturated carbocycles. The van der Waals surface area contributed by atoms with E-state index in [4.69, 9.17) is 5.73 Å². The number of aryl methyl sites for hydroxylation is 1. The highest BCUT2D eigenvalue weighted by molar-refractivity contribution is 5.95. The van der Waals surface area contributed by atoms with Gasteiger partial charge in [-0.3, -0.25) is 4.98 Å². The fourth-order valence-electron chi connectivity index (χ4n) is 2.72. The normalized spacial score (nSPS) is 10.8. The molecular formula is C18H19N3. The Morgan fingerprint density at radius 1 is 1.05 bits per heavy atom. The van der Waals surface area contributed by atoms with Gasteiger partial charge in [-0.05, 0) is 49.7 Å². The summed E-state index contributed by atoms with van der Waals surface area (Å²) in [5.74, 6) is 0. The van der Waals surface area contributed by atoms with Crippen molar-refractivity contribution in [3.63, 3.8) is 0 Å². The van der Waals surface area contributed by atoms with Crippen molar-refractivity contribution in [1.82, 2.24) is 4.98 Å². The van der Waals surface area contributed by atoms with Gasteiger partial charge in [0.1, 0.15) is 0 Å². The van der Waals surface area contributed by atoms with Crippen molar-refractivity contribution in [3.05, 3.63) is 60.3 Å². The molecule has 3 aromatic rings. The second-order valence-electron chi connectivity index (χ2n) is 5.14. The van der Waals surface area contributed by atoms with E-state index in [0.29, 0.717) is 0 Å². The van der Waals surface area contributed by atoms with Crippen molar-refractivity contribution in [2.45, 2.75) is 13.8 Å².